The Bertz CT molecular complexity index is 572. The number of allylic oxidation sites excluding steroid dienone is 1. The van der Waals surface area contributed by atoms with E-state index in [1.54, 1.807) is 24.3 Å². The first-order chi connectivity index (χ1) is 11.0. The van der Waals surface area contributed by atoms with Crippen molar-refractivity contribution in [3.05, 3.63) is 73.6 Å². The van der Waals surface area contributed by atoms with Crippen LogP contribution in [-0.2, 0) is 27.5 Å². The van der Waals surface area contributed by atoms with Gasteiger partial charge in [-0.3, -0.25) is 4.79 Å². The van der Waals surface area contributed by atoms with Crippen molar-refractivity contribution in [2.45, 2.75) is 13.2 Å². The number of carbonyl (C=O) groups excluding carboxylic acids is 2. The Morgan fingerprint density at radius 1 is 1.13 bits per heavy atom. The number of hydrogen-bond donors (Lipinski definition) is 1. The topological polar surface area (TPSA) is 89.9 Å². The third-order valence-electron chi connectivity index (χ3n) is 2.00. The number of ether oxygens (including phenoxy) is 1. The van der Waals surface area contributed by atoms with E-state index in [-0.39, 0.29) is 13.2 Å². The second kappa shape index (κ2) is 13.1. The zero-order valence-electron chi connectivity index (χ0n) is 12.3. The number of aliphatic hydroxyl groups excluding tert-OH is 1. The number of esters is 1. The van der Waals surface area contributed by atoms with Gasteiger partial charge in [-0.15, -0.1) is 0 Å². The van der Waals surface area contributed by atoms with Gasteiger partial charge in [0, 0.05) is 6.08 Å². The van der Waals surface area contributed by atoms with Gasteiger partial charge >= 0.3 is 5.97 Å². The maximum atomic E-state index is 10.5. The monoisotopic (exact) mass is 340 g/mol. The van der Waals surface area contributed by atoms with Crippen LogP contribution in [0.1, 0.15) is 11.5 Å². The molecule has 2 heterocycles. The first kappa shape index (κ1) is 20.4. The minimum Gasteiger partial charge on any atom is -0.467 e. The summed E-state index contributed by atoms with van der Waals surface area (Å²) in [4.78, 5) is 20.0. The highest BCUT2D eigenvalue weighted by molar-refractivity contribution is 6.66. The molecule has 0 aliphatic heterocycles. The Hall–Kier alpha value is -2.57. The van der Waals surface area contributed by atoms with Gasteiger partial charge in [-0.25, -0.2) is 4.79 Å². The average molecular weight is 341 g/mol. The lowest BCUT2D eigenvalue weighted by atomic mass is 10.5. The molecule has 7 heteroatoms. The van der Waals surface area contributed by atoms with E-state index in [1.807, 2.05) is 0 Å². The second-order valence-electron chi connectivity index (χ2n) is 3.64. The van der Waals surface area contributed by atoms with Crippen molar-refractivity contribution in [2.24, 2.45) is 0 Å². The van der Waals surface area contributed by atoms with Crippen LogP contribution in [-0.4, -0.2) is 16.3 Å². The van der Waals surface area contributed by atoms with Gasteiger partial charge in [0.2, 0.25) is 5.24 Å². The summed E-state index contributed by atoms with van der Waals surface area (Å²) in [5.74, 6) is 0.793. The van der Waals surface area contributed by atoms with Gasteiger partial charge in [-0.1, -0.05) is 13.2 Å². The molecule has 0 aromatic carbocycles. The van der Waals surface area contributed by atoms with Gasteiger partial charge in [-0.05, 0) is 41.9 Å². The minimum atomic E-state index is -0.509. The molecule has 0 aliphatic rings. The maximum Gasteiger partial charge on any atom is 0.330 e. The highest BCUT2D eigenvalue weighted by Gasteiger charge is 1.98. The molecule has 0 bridgehead atoms. The van der Waals surface area contributed by atoms with Crippen LogP contribution in [0.25, 0.3) is 0 Å². The van der Waals surface area contributed by atoms with Crippen molar-refractivity contribution in [3.63, 3.8) is 0 Å². The van der Waals surface area contributed by atoms with Crippen LogP contribution >= 0.6 is 11.6 Å². The standard InChI is InChI=1S/C8H8O3.C5H6O2.C3H3ClO/c1-2-8(9)11-6-7-4-3-5-10-7;6-4-5-2-1-3-7-5;1-2-3(4)5/h2-5H,1,6H2;1-3,6H,4H2;2H,1H2. The summed E-state index contributed by atoms with van der Waals surface area (Å²) in [7, 11) is 0. The molecule has 0 unspecified atom stereocenters. The number of rotatable bonds is 5. The van der Waals surface area contributed by atoms with Gasteiger partial charge in [0.05, 0.1) is 12.5 Å². The molecule has 0 spiro atoms. The smallest absolute Gasteiger partial charge is 0.330 e. The molecule has 2 rings (SSSR count). The van der Waals surface area contributed by atoms with E-state index in [0.717, 1.165) is 12.2 Å². The lowest BCUT2D eigenvalue weighted by Gasteiger charge is -1.96. The quantitative estimate of drug-likeness (QED) is 0.510. The largest absolute Gasteiger partial charge is 0.467 e. The number of aliphatic hydroxyl groups is 1. The summed E-state index contributed by atoms with van der Waals surface area (Å²) in [6.45, 7) is 6.49. The lowest BCUT2D eigenvalue weighted by molar-refractivity contribution is -0.139. The van der Waals surface area contributed by atoms with Gasteiger partial charge < -0.3 is 18.7 Å². The van der Waals surface area contributed by atoms with Crippen LogP contribution in [0.3, 0.4) is 0 Å². The normalized spacial score (nSPS) is 8.61. The molecule has 0 saturated carbocycles. The summed E-state index contributed by atoms with van der Waals surface area (Å²) in [6, 6.07) is 6.93. The van der Waals surface area contributed by atoms with E-state index in [1.165, 1.54) is 12.5 Å². The molecular weight excluding hydrogens is 324 g/mol. The fraction of sp³-hybridized carbons (Fsp3) is 0.125. The third kappa shape index (κ3) is 11.7. The molecule has 0 atom stereocenters. The fourth-order valence-electron chi connectivity index (χ4n) is 0.998. The summed E-state index contributed by atoms with van der Waals surface area (Å²) in [5, 5.41) is 7.82. The molecule has 0 saturated heterocycles. The van der Waals surface area contributed by atoms with Crippen LogP contribution in [0.2, 0.25) is 0 Å². The van der Waals surface area contributed by atoms with Crippen molar-refractivity contribution in [1.29, 1.82) is 0 Å². The van der Waals surface area contributed by atoms with E-state index < -0.39 is 11.2 Å². The zero-order chi connectivity index (χ0) is 17.5. The van der Waals surface area contributed by atoms with Crippen LogP contribution in [0.4, 0.5) is 0 Å². The average Bonchev–Trinajstić information content (AvgIpc) is 3.26. The molecule has 23 heavy (non-hydrogen) atoms. The lowest BCUT2D eigenvalue weighted by Crippen LogP contribution is -1.98. The molecule has 6 nitrogen and oxygen atoms in total. The molecule has 0 aliphatic carbocycles. The molecule has 124 valence electrons. The van der Waals surface area contributed by atoms with Crippen molar-refractivity contribution in [2.75, 3.05) is 0 Å². The molecule has 0 amide bonds. The van der Waals surface area contributed by atoms with Crippen molar-refractivity contribution in [3.8, 4) is 0 Å². The molecule has 0 fully saturated rings. The molecule has 2 aromatic rings. The predicted octanol–water partition coefficient (Wildman–Crippen LogP) is 3.22. The Labute approximate surface area is 138 Å². The van der Waals surface area contributed by atoms with E-state index in [9.17, 15) is 9.59 Å². The van der Waals surface area contributed by atoms with E-state index in [4.69, 9.17) is 25.5 Å². The molecule has 1 N–H and O–H groups in total. The van der Waals surface area contributed by atoms with Crippen LogP contribution in [0.5, 0.6) is 0 Å². The zero-order valence-corrected chi connectivity index (χ0v) is 13.1. The summed E-state index contributed by atoms with van der Waals surface area (Å²) in [6.07, 6.45) is 5.22. The molecule has 0 radical (unpaired) electrons. The van der Waals surface area contributed by atoms with Crippen molar-refractivity contribution >= 4 is 22.8 Å². The van der Waals surface area contributed by atoms with Crippen LogP contribution < -0.4 is 0 Å². The number of carbonyl (C=O) groups is 2. The van der Waals surface area contributed by atoms with Crippen LogP contribution in [0, 0.1) is 0 Å². The number of halogens is 1. The number of furan rings is 2. The molecule has 2 aromatic heterocycles. The minimum absolute atomic E-state index is 0.00694. The van der Waals surface area contributed by atoms with Gasteiger partial charge in [-0.2, -0.15) is 0 Å². The fourth-order valence-corrected chi connectivity index (χ4v) is 0.998. The van der Waals surface area contributed by atoms with Crippen molar-refractivity contribution < 1.29 is 28.3 Å². The summed E-state index contributed by atoms with van der Waals surface area (Å²) >= 11 is 4.71. The second-order valence-corrected chi connectivity index (χ2v) is 4.01. The maximum absolute atomic E-state index is 10.5. The molecular formula is C16H17ClO6. The Morgan fingerprint density at radius 3 is 1.96 bits per heavy atom. The van der Waals surface area contributed by atoms with E-state index >= 15 is 0 Å². The van der Waals surface area contributed by atoms with Gasteiger partial charge in [0.25, 0.3) is 0 Å². The number of hydrogen-bond acceptors (Lipinski definition) is 6. The van der Waals surface area contributed by atoms with Gasteiger partial charge in [0.1, 0.15) is 24.7 Å². The van der Waals surface area contributed by atoms with E-state index in [0.29, 0.717) is 11.5 Å². The summed E-state index contributed by atoms with van der Waals surface area (Å²) < 4.78 is 14.3. The SMILES string of the molecule is C=CC(=O)Cl.C=CC(=O)OCc1ccco1.OCc1ccco1. The highest BCUT2D eigenvalue weighted by Crippen LogP contribution is 2.01. The van der Waals surface area contributed by atoms with E-state index in [2.05, 4.69) is 17.9 Å². The first-order valence-electron chi connectivity index (χ1n) is 6.30. The predicted molar refractivity (Wildman–Crippen MR) is 84.4 cm³/mol. The van der Waals surface area contributed by atoms with Crippen LogP contribution in [0.15, 0.2) is 70.9 Å². The Balaban J connectivity index is 0.000000347. The highest BCUT2D eigenvalue weighted by atomic mass is 35.5. The first-order valence-corrected chi connectivity index (χ1v) is 6.68. The van der Waals surface area contributed by atoms with Gasteiger partial charge in [0.15, 0.2) is 0 Å². The third-order valence-corrected chi connectivity index (χ3v) is 2.15. The summed E-state index contributed by atoms with van der Waals surface area (Å²) in [5.41, 5.74) is 0. The Kier molecular flexibility index (Phi) is 11.7. The van der Waals surface area contributed by atoms with Crippen molar-refractivity contribution in [1.82, 2.24) is 0 Å². The Morgan fingerprint density at radius 2 is 1.65 bits per heavy atom.